The van der Waals surface area contributed by atoms with Gasteiger partial charge in [0.25, 0.3) is 0 Å². The van der Waals surface area contributed by atoms with Crippen LogP contribution in [0.5, 0.6) is 5.75 Å². The number of rotatable bonds is 6. The van der Waals surface area contributed by atoms with Crippen molar-refractivity contribution in [3.05, 3.63) is 58.3 Å². The van der Waals surface area contributed by atoms with Crippen LogP contribution in [0.3, 0.4) is 0 Å². The van der Waals surface area contributed by atoms with Crippen LogP contribution in [0.2, 0.25) is 10.0 Å². The van der Waals surface area contributed by atoms with Gasteiger partial charge in [0.1, 0.15) is 11.6 Å². The number of hydrogen-bond donors (Lipinski definition) is 0. The van der Waals surface area contributed by atoms with Crippen LogP contribution >= 0.6 is 35.0 Å². The number of halogens is 3. The lowest BCUT2D eigenvalue weighted by molar-refractivity contribution is 0.344. The van der Waals surface area contributed by atoms with Gasteiger partial charge in [-0.1, -0.05) is 47.1 Å². The van der Waals surface area contributed by atoms with Crippen LogP contribution in [-0.4, -0.2) is 27.1 Å². The third-order valence-corrected chi connectivity index (χ3v) is 4.93. The maximum Gasteiger partial charge on any atom is 0.191 e. The quantitative estimate of drug-likeness (QED) is 0.428. The van der Waals surface area contributed by atoms with Crippen molar-refractivity contribution in [2.75, 3.05) is 12.4 Å². The Balaban J connectivity index is 1.60. The van der Waals surface area contributed by atoms with Gasteiger partial charge in [-0.3, -0.25) is 0 Å². The molecule has 4 nitrogen and oxygen atoms in total. The number of hydrogen-bond acceptors (Lipinski definition) is 4. The molecule has 0 radical (unpaired) electrons. The Morgan fingerprint density at radius 2 is 1.96 bits per heavy atom. The Morgan fingerprint density at radius 3 is 2.72 bits per heavy atom. The van der Waals surface area contributed by atoms with Gasteiger partial charge in [0, 0.05) is 17.8 Å². The predicted octanol–water partition coefficient (Wildman–Crippen LogP) is 5.10. The van der Waals surface area contributed by atoms with Gasteiger partial charge in [-0.05, 0) is 30.3 Å². The Bertz CT molecular complexity index is 888. The minimum Gasteiger partial charge on any atom is -0.491 e. The maximum absolute atomic E-state index is 13.9. The highest BCUT2D eigenvalue weighted by Crippen LogP contribution is 2.28. The molecule has 0 atom stereocenters. The van der Waals surface area contributed by atoms with Crippen molar-refractivity contribution in [2.45, 2.75) is 5.16 Å². The number of aromatic nitrogens is 3. The molecule has 0 amide bonds. The summed E-state index contributed by atoms with van der Waals surface area (Å²) in [7, 11) is 1.81. The lowest BCUT2D eigenvalue weighted by Gasteiger charge is -2.08. The third-order valence-electron chi connectivity index (χ3n) is 3.42. The average molecular weight is 398 g/mol. The summed E-state index contributed by atoms with van der Waals surface area (Å²) in [6.07, 6.45) is 0. The van der Waals surface area contributed by atoms with Crippen LogP contribution in [0.4, 0.5) is 4.39 Å². The molecule has 0 saturated heterocycles. The second kappa shape index (κ2) is 8.08. The molecule has 0 aliphatic heterocycles. The molecule has 1 heterocycles. The van der Waals surface area contributed by atoms with Gasteiger partial charge in [0.15, 0.2) is 11.0 Å². The van der Waals surface area contributed by atoms with Crippen LogP contribution in [0.25, 0.3) is 11.4 Å². The molecule has 1 aromatic heterocycles. The number of benzene rings is 2. The number of nitrogens with zero attached hydrogens (tertiary/aromatic N) is 3. The zero-order chi connectivity index (χ0) is 17.8. The summed E-state index contributed by atoms with van der Waals surface area (Å²) in [5.41, 5.74) is 0.425. The topological polar surface area (TPSA) is 39.9 Å². The fourth-order valence-corrected chi connectivity index (χ4v) is 3.39. The second-order valence-electron chi connectivity index (χ2n) is 5.12. The molecule has 0 bridgehead atoms. The Hall–Kier alpha value is -1.76. The number of thioether (sulfide) groups is 1. The first-order chi connectivity index (χ1) is 12.1. The van der Waals surface area contributed by atoms with E-state index in [1.807, 2.05) is 0 Å². The van der Waals surface area contributed by atoms with E-state index >= 15 is 0 Å². The lowest BCUT2D eigenvalue weighted by Crippen LogP contribution is -2.02. The maximum atomic E-state index is 13.9. The molecule has 0 fully saturated rings. The Kier molecular flexibility index (Phi) is 5.83. The first kappa shape index (κ1) is 18.0. The fourth-order valence-electron chi connectivity index (χ4n) is 2.19. The van der Waals surface area contributed by atoms with Crippen molar-refractivity contribution in [3.63, 3.8) is 0 Å². The van der Waals surface area contributed by atoms with Gasteiger partial charge in [0.2, 0.25) is 0 Å². The smallest absolute Gasteiger partial charge is 0.191 e. The summed E-state index contributed by atoms with van der Waals surface area (Å²) >= 11 is 13.4. The van der Waals surface area contributed by atoms with Gasteiger partial charge in [-0.15, -0.1) is 10.2 Å². The van der Waals surface area contributed by atoms with E-state index in [9.17, 15) is 4.39 Å². The second-order valence-corrected chi connectivity index (χ2v) is 7.02. The Morgan fingerprint density at radius 1 is 1.16 bits per heavy atom. The average Bonchev–Trinajstić information content (AvgIpc) is 2.94. The van der Waals surface area contributed by atoms with E-state index in [1.165, 1.54) is 17.8 Å². The first-order valence-electron chi connectivity index (χ1n) is 7.41. The number of ether oxygens (including phenoxy) is 1. The first-order valence-corrected chi connectivity index (χ1v) is 9.15. The summed E-state index contributed by atoms with van der Waals surface area (Å²) in [5, 5.41) is 9.92. The molecule has 130 valence electrons. The molecule has 8 heteroatoms. The summed E-state index contributed by atoms with van der Waals surface area (Å²) in [4.78, 5) is 0. The highest BCUT2D eigenvalue weighted by molar-refractivity contribution is 7.99. The minimum absolute atomic E-state index is 0.324. The fraction of sp³-hybridized carbons (Fsp3) is 0.176. The van der Waals surface area contributed by atoms with Crippen LogP contribution in [0.1, 0.15) is 0 Å². The molecule has 3 aromatic rings. The normalized spacial score (nSPS) is 10.9. The zero-order valence-corrected chi connectivity index (χ0v) is 15.6. The van der Waals surface area contributed by atoms with E-state index in [0.717, 1.165) is 0 Å². The van der Waals surface area contributed by atoms with E-state index in [2.05, 4.69) is 10.2 Å². The van der Waals surface area contributed by atoms with Crippen LogP contribution < -0.4 is 4.74 Å². The Labute approximate surface area is 158 Å². The summed E-state index contributed by atoms with van der Waals surface area (Å²) in [6.45, 7) is 0.438. The molecular weight excluding hydrogens is 384 g/mol. The standard InChI is InChI=1S/C17H14Cl2FN3OS/c1-23-16(12-4-2-3-5-14(12)20)21-22-17(23)25-9-8-24-15-7-6-11(18)10-13(15)19/h2-7,10H,8-9H2,1H3. The highest BCUT2D eigenvalue weighted by Gasteiger charge is 2.14. The molecule has 0 unspecified atom stereocenters. The van der Waals surface area contributed by atoms with Gasteiger partial charge < -0.3 is 9.30 Å². The van der Waals surface area contributed by atoms with Crippen molar-refractivity contribution in [1.82, 2.24) is 14.8 Å². The molecule has 3 rings (SSSR count). The van der Waals surface area contributed by atoms with Gasteiger partial charge in [-0.2, -0.15) is 0 Å². The molecule has 2 aromatic carbocycles. The van der Waals surface area contributed by atoms with E-state index in [-0.39, 0.29) is 5.82 Å². The molecule has 0 saturated carbocycles. The molecule has 0 aliphatic rings. The van der Waals surface area contributed by atoms with E-state index in [1.54, 1.807) is 48.0 Å². The summed E-state index contributed by atoms with van der Waals surface area (Å²) in [6, 6.07) is 11.6. The predicted molar refractivity (Wildman–Crippen MR) is 99.1 cm³/mol. The van der Waals surface area contributed by atoms with Crippen molar-refractivity contribution in [1.29, 1.82) is 0 Å². The minimum atomic E-state index is -0.324. The van der Waals surface area contributed by atoms with Crippen molar-refractivity contribution >= 4 is 35.0 Å². The SMILES string of the molecule is Cn1c(SCCOc2ccc(Cl)cc2Cl)nnc1-c1ccccc1F. The monoisotopic (exact) mass is 397 g/mol. The van der Waals surface area contributed by atoms with Gasteiger partial charge >= 0.3 is 0 Å². The molecule has 25 heavy (non-hydrogen) atoms. The van der Waals surface area contributed by atoms with Gasteiger partial charge in [-0.25, -0.2) is 4.39 Å². The van der Waals surface area contributed by atoms with Crippen LogP contribution in [0.15, 0.2) is 47.6 Å². The third kappa shape index (κ3) is 4.26. The molecule has 0 spiro atoms. The molecule has 0 aliphatic carbocycles. The van der Waals surface area contributed by atoms with Crippen molar-refractivity contribution < 1.29 is 9.13 Å². The largest absolute Gasteiger partial charge is 0.491 e. The zero-order valence-electron chi connectivity index (χ0n) is 13.2. The molecular formula is C17H14Cl2FN3OS. The van der Waals surface area contributed by atoms with Crippen LogP contribution in [-0.2, 0) is 7.05 Å². The molecule has 0 N–H and O–H groups in total. The van der Waals surface area contributed by atoms with E-state index in [4.69, 9.17) is 27.9 Å². The van der Waals surface area contributed by atoms with Crippen LogP contribution in [0, 0.1) is 5.82 Å². The summed E-state index contributed by atoms with van der Waals surface area (Å²) < 4.78 is 21.3. The van der Waals surface area contributed by atoms with Crippen molar-refractivity contribution in [3.8, 4) is 17.1 Å². The summed E-state index contributed by atoms with van der Waals surface area (Å²) in [5.74, 6) is 1.39. The lowest BCUT2D eigenvalue weighted by atomic mass is 10.2. The van der Waals surface area contributed by atoms with E-state index in [0.29, 0.717) is 44.7 Å². The van der Waals surface area contributed by atoms with Crippen molar-refractivity contribution in [2.24, 2.45) is 7.05 Å². The highest BCUT2D eigenvalue weighted by atomic mass is 35.5. The van der Waals surface area contributed by atoms with E-state index < -0.39 is 0 Å². The van der Waals surface area contributed by atoms with Gasteiger partial charge in [0.05, 0.1) is 17.2 Å².